The van der Waals surface area contributed by atoms with E-state index in [4.69, 9.17) is 16.2 Å². The van der Waals surface area contributed by atoms with Crippen molar-refractivity contribution in [2.75, 3.05) is 29.9 Å². The second kappa shape index (κ2) is 7.27. The van der Waals surface area contributed by atoms with Gasteiger partial charge in [-0.3, -0.25) is 9.69 Å². The van der Waals surface area contributed by atoms with Gasteiger partial charge in [0.1, 0.15) is 11.4 Å². The Hall–Kier alpha value is -2.87. The molecular weight excluding hydrogens is 356 g/mol. The van der Waals surface area contributed by atoms with Crippen LogP contribution in [0, 0.1) is 0 Å². The molecule has 0 bridgehead atoms. The number of hydrogen-bond donors (Lipinski definition) is 3. The Kier molecular flexibility index (Phi) is 4.80. The zero-order valence-electron chi connectivity index (χ0n) is 16.1. The molecule has 2 aromatic rings. The van der Waals surface area contributed by atoms with Crippen LogP contribution >= 0.6 is 0 Å². The van der Waals surface area contributed by atoms with Crippen LogP contribution in [0.4, 0.5) is 17.5 Å². The summed E-state index contributed by atoms with van der Waals surface area (Å²) in [5, 5.41) is 2.80. The lowest BCUT2D eigenvalue weighted by atomic mass is 9.90. The predicted molar refractivity (Wildman–Crippen MR) is 108 cm³/mol. The number of fused-ring (bicyclic) bond motifs is 1. The van der Waals surface area contributed by atoms with Crippen molar-refractivity contribution < 1.29 is 9.53 Å². The van der Waals surface area contributed by atoms with E-state index in [2.05, 4.69) is 32.3 Å². The zero-order chi connectivity index (χ0) is 19.7. The first kappa shape index (κ1) is 18.5. The van der Waals surface area contributed by atoms with E-state index in [1.807, 2.05) is 12.1 Å². The molecule has 3 heterocycles. The van der Waals surface area contributed by atoms with Gasteiger partial charge in [0, 0.05) is 38.5 Å². The quantitative estimate of drug-likeness (QED) is 0.742. The number of carbonyl (C=O) groups excluding carboxylic acids is 1. The Morgan fingerprint density at radius 2 is 2.00 bits per heavy atom. The Morgan fingerprint density at radius 1 is 1.21 bits per heavy atom. The van der Waals surface area contributed by atoms with Crippen molar-refractivity contribution in [2.45, 2.75) is 44.8 Å². The highest BCUT2D eigenvalue weighted by Gasteiger charge is 2.42. The maximum absolute atomic E-state index is 11.1. The van der Waals surface area contributed by atoms with Crippen LogP contribution in [0.3, 0.4) is 0 Å². The molecule has 8 heteroatoms. The highest BCUT2D eigenvalue weighted by molar-refractivity contribution is 5.88. The zero-order valence-corrected chi connectivity index (χ0v) is 16.1. The average Bonchev–Trinajstić information content (AvgIpc) is 2.88. The molecule has 2 aliphatic heterocycles. The van der Waals surface area contributed by atoms with Gasteiger partial charge in [0.05, 0.1) is 5.56 Å². The minimum Gasteiger partial charge on any atom is -0.470 e. The van der Waals surface area contributed by atoms with Crippen LogP contribution in [0.5, 0.6) is 5.88 Å². The summed E-state index contributed by atoms with van der Waals surface area (Å²) in [6, 6.07) is 8.01. The fourth-order valence-corrected chi connectivity index (χ4v) is 4.13. The van der Waals surface area contributed by atoms with E-state index in [1.165, 1.54) is 12.5 Å². The maximum Gasteiger partial charge on any atom is 0.225 e. The van der Waals surface area contributed by atoms with Crippen molar-refractivity contribution in [3.63, 3.8) is 0 Å². The third-order valence-corrected chi connectivity index (χ3v) is 5.50. The number of nitrogens with zero attached hydrogens (tertiary/aromatic N) is 3. The molecule has 5 N–H and O–H groups in total. The van der Waals surface area contributed by atoms with E-state index in [1.54, 1.807) is 0 Å². The molecule has 0 saturated carbocycles. The van der Waals surface area contributed by atoms with Crippen molar-refractivity contribution in [2.24, 2.45) is 0 Å². The molecule has 1 saturated heterocycles. The minimum absolute atomic E-state index is 0.0600. The molecule has 0 unspecified atom stereocenters. The Morgan fingerprint density at radius 3 is 2.75 bits per heavy atom. The summed E-state index contributed by atoms with van der Waals surface area (Å²) in [7, 11) is 0. The number of rotatable bonds is 3. The van der Waals surface area contributed by atoms with Crippen LogP contribution in [0.25, 0.3) is 0 Å². The lowest BCUT2D eigenvalue weighted by Gasteiger charge is -2.27. The van der Waals surface area contributed by atoms with Crippen LogP contribution in [-0.2, 0) is 17.8 Å². The molecule has 1 spiro atoms. The normalized spacial score (nSPS) is 21.8. The molecule has 0 aliphatic carbocycles. The number of likely N-dealkylation sites (tertiary alicyclic amines) is 1. The molecule has 148 valence electrons. The van der Waals surface area contributed by atoms with E-state index >= 15 is 0 Å². The summed E-state index contributed by atoms with van der Waals surface area (Å²) in [6.07, 6.45) is 3.65. The SMILES string of the molecule is CC(=O)Nc1ccc(CN2CCC[C@@]3(CC2)Cc2c(N)nc(N)nc2O3)cc1. The molecule has 28 heavy (non-hydrogen) atoms. The molecule has 4 rings (SSSR count). The fourth-order valence-electron chi connectivity index (χ4n) is 4.13. The highest BCUT2D eigenvalue weighted by Crippen LogP contribution is 2.42. The first-order valence-corrected chi connectivity index (χ1v) is 9.62. The molecular formula is C20H26N6O2. The molecule has 2 aliphatic rings. The Bertz CT molecular complexity index is 885. The van der Waals surface area contributed by atoms with E-state index in [0.29, 0.717) is 11.7 Å². The van der Waals surface area contributed by atoms with E-state index in [9.17, 15) is 4.79 Å². The smallest absolute Gasteiger partial charge is 0.225 e. The first-order valence-electron chi connectivity index (χ1n) is 9.62. The fraction of sp³-hybridized carbons (Fsp3) is 0.450. The van der Waals surface area contributed by atoms with Gasteiger partial charge in [-0.1, -0.05) is 12.1 Å². The van der Waals surface area contributed by atoms with Gasteiger partial charge >= 0.3 is 0 Å². The largest absolute Gasteiger partial charge is 0.470 e. The number of benzene rings is 1. The van der Waals surface area contributed by atoms with Crippen LogP contribution in [0.2, 0.25) is 0 Å². The maximum atomic E-state index is 11.1. The number of ether oxygens (including phenoxy) is 1. The Labute approximate surface area is 164 Å². The second-order valence-corrected chi connectivity index (χ2v) is 7.72. The topological polar surface area (TPSA) is 119 Å². The molecule has 1 atom stereocenters. The van der Waals surface area contributed by atoms with Gasteiger partial charge in [-0.05, 0) is 37.1 Å². The number of carbonyl (C=O) groups is 1. The number of nitrogens with two attached hydrogens (primary N) is 2. The summed E-state index contributed by atoms with van der Waals surface area (Å²) in [5.41, 5.74) is 14.4. The molecule has 1 amide bonds. The summed E-state index contributed by atoms with van der Waals surface area (Å²) < 4.78 is 6.25. The molecule has 0 radical (unpaired) electrons. The third kappa shape index (κ3) is 3.87. The number of amides is 1. The van der Waals surface area contributed by atoms with Crippen molar-refractivity contribution >= 4 is 23.4 Å². The number of nitrogen functional groups attached to an aromatic ring is 2. The molecule has 1 aromatic heterocycles. The van der Waals surface area contributed by atoms with E-state index < -0.39 is 0 Å². The van der Waals surface area contributed by atoms with Gasteiger partial charge < -0.3 is 21.5 Å². The van der Waals surface area contributed by atoms with Crippen molar-refractivity contribution in [1.82, 2.24) is 14.9 Å². The minimum atomic E-state index is -0.261. The van der Waals surface area contributed by atoms with Crippen molar-refractivity contribution in [1.29, 1.82) is 0 Å². The van der Waals surface area contributed by atoms with Crippen molar-refractivity contribution in [3.05, 3.63) is 35.4 Å². The molecule has 1 aromatic carbocycles. The van der Waals surface area contributed by atoms with Crippen LogP contribution in [0.15, 0.2) is 24.3 Å². The lowest BCUT2D eigenvalue weighted by Crippen LogP contribution is -2.36. The van der Waals surface area contributed by atoms with Crippen LogP contribution < -0.4 is 21.5 Å². The summed E-state index contributed by atoms with van der Waals surface area (Å²) >= 11 is 0. The van der Waals surface area contributed by atoms with E-state index in [-0.39, 0.29) is 17.5 Å². The monoisotopic (exact) mass is 382 g/mol. The number of aromatic nitrogens is 2. The third-order valence-electron chi connectivity index (χ3n) is 5.50. The number of nitrogens with one attached hydrogen (secondary N) is 1. The summed E-state index contributed by atoms with van der Waals surface area (Å²) in [5.74, 6) is 1.08. The van der Waals surface area contributed by atoms with Gasteiger partial charge in [0.2, 0.25) is 17.7 Å². The number of anilines is 3. The molecule has 1 fully saturated rings. The highest BCUT2D eigenvalue weighted by atomic mass is 16.5. The average molecular weight is 382 g/mol. The molecule has 8 nitrogen and oxygen atoms in total. The van der Waals surface area contributed by atoms with Crippen LogP contribution in [0.1, 0.15) is 37.3 Å². The van der Waals surface area contributed by atoms with E-state index in [0.717, 1.165) is 56.6 Å². The van der Waals surface area contributed by atoms with Gasteiger partial charge in [-0.25, -0.2) is 0 Å². The standard InChI is InChI=1S/C20H26N6O2/c1-13(27)23-15-5-3-14(4-6-15)12-26-9-2-7-20(8-10-26)11-16-17(21)24-19(22)25-18(16)28-20/h3-6H,2,7-12H2,1H3,(H,23,27)(H4,21,22,24,25)/t20-/m1/s1. The van der Waals surface area contributed by atoms with Crippen molar-refractivity contribution in [3.8, 4) is 5.88 Å². The van der Waals surface area contributed by atoms with Gasteiger partial charge in [0.15, 0.2) is 0 Å². The van der Waals surface area contributed by atoms with Crippen LogP contribution in [-0.4, -0.2) is 39.5 Å². The predicted octanol–water partition coefficient (Wildman–Crippen LogP) is 1.96. The Balaban J connectivity index is 1.39. The van der Waals surface area contributed by atoms with Gasteiger partial charge in [-0.15, -0.1) is 0 Å². The summed E-state index contributed by atoms with van der Waals surface area (Å²) in [6.45, 7) is 4.33. The van der Waals surface area contributed by atoms with Gasteiger partial charge in [0.25, 0.3) is 0 Å². The summed E-state index contributed by atoms with van der Waals surface area (Å²) in [4.78, 5) is 21.9. The number of hydrogen-bond acceptors (Lipinski definition) is 7. The van der Waals surface area contributed by atoms with Gasteiger partial charge in [-0.2, -0.15) is 9.97 Å². The first-order chi connectivity index (χ1) is 13.4. The lowest BCUT2D eigenvalue weighted by molar-refractivity contribution is -0.114. The second-order valence-electron chi connectivity index (χ2n) is 7.72.